The Labute approximate surface area is 126 Å². The summed E-state index contributed by atoms with van der Waals surface area (Å²) in [7, 11) is -3.92. The van der Waals surface area contributed by atoms with Gasteiger partial charge in [-0.2, -0.15) is 0 Å². The van der Waals surface area contributed by atoms with Crippen molar-refractivity contribution in [2.45, 2.75) is 23.8 Å². The second-order valence-electron chi connectivity index (χ2n) is 4.61. The topological polar surface area (TPSA) is 113 Å². The normalized spacial score (nSPS) is 14.7. The third kappa shape index (κ3) is 4.16. The van der Waals surface area contributed by atoms with Crippen LogP contribution in [0, 0.1) is 0 Å². The Morgan fingerprint density at radius 2 is 2.00 bits per heavy atom. The molecule has 0 radical (unpaired) electrons. The number of carboxylic acid groups (broad SMARTS) is 1. The van der Waals surface area contributed by atoms with Crippen molar-refractivity contribution in [3.63, 3.8) is 0 Å². The van der Waals surface area contributed by atoms with E-state index < -0.39 is 21.9 Å². The lowest BCUT2D eigenvalue weighted by molar-refractivity contribution is -0.120. The fraction of sp³-hybridized carbons (Fsp3) is 0.333. The van der Waals surface area contributed by atoms with Crippen LogP contribution >= 0.6 is 11.6 Å². The van der Waals surface area contributed by atoms with Gasteiger partial charge in [0.05, 0.1) is 22.0 Å². The maximum Gasteiger partial charge on any atom is 0.337 e. The molecule has 114 valence electrons. The summed E-state index contributed by atoms with van der Waals surface area (Å²) in [6, 6.07) is 3.40. The molecule has 2 rings (SSSR count). The molecule has 1 aromatic rings. The fourth-order valence-corrected chi connectivity index (χ4v) is 2.92. The van der Waals surface area contributed by atoms with Crippen molar-refractivity contribution in [3.8, 4) is 0 Å². The van der Waals surface area contributed by atoms with Crippen LogP contribution < -0.4 is 10.0 Å². The van der Waals surface area contributed by atoms with Gasteiger partial charge in [0.2, 0.25) is 15.9 Å². The first-order chi connectivity index (χ1) is 9.79. The molecule has 9 heteroatoms. The van der Waals surface area contributed by atoms with Crippen molar-refractivity contribution in [1.29, 1.82) is 0 Å². The number of aromatic carboxylic acids is 1. The minimum absolute atomic E-state index is 0.145. The van der Waals surface area contributed by atoms with Gasteiger partial charge < -0.3 is 10.4 Å². The predicted molar refractivity (Wildman–Crippen MR) is 74.8 cm³/mol. The Bertz CT molecular complexity index is 685. The molecule has 0 unspecified atom stereocenters. The van der Waals surface area contributed by atoms with Gasteiger partial charge in [-0.3, -0.25) is 4.79 Å². The van der Waals surface area contributed by atoms with E-state index in [1.807, 2.05) is 0 Å². The molecule has 0 heterocycles. The summed E-state index contributed by atoms with van der Waals surface area (Å²) in [5.41, 5.74) is -0.193. The highest BCUT2D eigenvalue weighted by atomic mass is 35.5. The summed E-state index contributed by atoms with van der Waals surface area (Å²) < 4.78 is 26.1. The number of sulfonamides is 1. The van der Waals surface area contributed by atoms with E-state index in [2.05, 4.69) is 10.0 Å². The highest BCUT2D eigenvalue weighted by Gasteiger charge is 2.24. The number of nitrogens with one attached hydrogen (secondary N) is 2. The van der Waals surface area contributed by atoms with E-state index >= 15 is 0 Å². The van der Waals surface area contributed by atoms with Crippen LogP contribution in [0.25, 0.3) is 0 Å². The molecule has 3 N–H and O–H groups in total. The van der Waals surface area contributed by atoms with E-state index in [1.54, 1.807) is 0 Å². The van der Waals surface area contributed by atoms with E-state index in [0.717, 1.165) is 31.0 Å². The summed E-state index contributed by atoms with van der Waals surface area (Å²) >= 11 is 5.72. The average Bonchev–Trinajstić information content (AvgIpc) is 3.20. The van der Waals surface area contributed by atoms with Crippen molar-refractivity contribution in [2.75, 3.05) is 6.54 Å². The number of amides is 1. The number of hydrogen-bond donors (Lipinski definition) is 3. The highest BCUT2D eigenvalue weighted by Crippen LogP contribution is 2.21. The van der Waals surface area contributed by atoms with E-state index in [9.17, 15) is 18.0 Å². The number of rotatable bonds is 6. The molecule has 0 spiro atoms. The van der Waals surface area contributed by atoms with Crippen LogP contribution in [-0.2, 0) is 14.8 Å². The highest BCUT2D eigenvalue weighted by molar-refractivity contribution is 7.89. The van der Waals surface area contributed by atoms with E-state index in [0.29, 0.717) is 0 Å². The van der Waals surface area contributed by atoms with Crippen molar-refractivity contribution in [3.05, 3.63) is 28.8 Å². The second kappa shape index (κ2) is 6.00. The summed E-state index contributed by atoms with van der Waals surface area (Å²) in [6.45, 7) is -0.378. The first-order valence-electron chi connectivity index (χ1n) is 6.11. The van der Waals surface area contributed by atoms with Gasteiger partial charge in [0, 0.05) is 6.04 Å². The molecule has 1 aliphatic rings. The molecule has 21 heavy (non-hydrogen) atoms. The van der Waals surface area contributed by atoms with Gasteiger partial charge in [-0.25, -0.2) is 17.9 Å². The molecule has 0 aliphatic heterocycles. The van der Waals surface area contributed by atoms with Crippen molar-refractivity contribution in [2.24, 2.45) is 0 Å². The van der Waals surface area contributed by atoms with E-state index in [1.165, 1.54) is 0 Å². The van der Waals surface area contributed by atoms with E-state index in [-0.39, 0.29) is 28.1 Å². The molecular weight excluding hydrogens is 320 g/mol. The van der Waals surface area contributed by atoms with Crippen LogP contribution in [0.2, 0.25) is 5.02 Å². The zero-order valence-electron chi connectivity index (χ0n) is 10.8. The maximum absolute atomic E-state index is 12.0. The van der Waals surface area contributed by atoms with Crippen molar-refractivity contribution >= 4 is 33.5 Å². The second-order valence-corrected chi connectivity index (χ2v) is 6.79. The van der Waals surface area contributed by atoms with Crippen molar-refractivity contribution in [1.82, 2.24) is 10.0 Å². The third-order valence-corrected chi connectivity index (χ3v) is 4.56. The van der Waals surface area contributed by atoms with Crippen LogP contribution in [0.3, 0.4) is 0 Å². The largest absolute Gasteiger partial charge is 0.478 e. The monoisotopic (exact) mass is 332 g/mol. The van der Waals surface area contributed by atoms with Crippen molar-refractivity contribution < 1.29 is 23.1 Å². The quantitative estimate of drug-likeness (QED) is 0.706. The molecule has 1 saturated carbocycles. The predicted octanol–water partition coefficient (Wildman–Crippen LogP) is 0.595. The van der Waals surface area contributed by atoms with Gasteiger partial charge in [0.15, 0.2) is 0 Å². The van der Waals surface area contributed by atoms with Gasteiger partial charge in [0.1, 0.15) is 0 Å². The fourth-order valence-electron chi connectivity index (χ4n) is 1.59. The van der Waals surface area contributed by atoms with E-state index in [4.69, 9.17) is 16.7 Å². The minimum atomic E-state index is -3.92. The lowest BCUT2D eigenvalue weighted by atomic mass is 10.2. The van der Waals surface area contributed by atoms with Gasteiger partial charge >= 0.3 is 5.97 Å². The standard InChI is InChI=1S/C12H13ClN2O5S/c13-10-5-8(3-4-9(10)12(17)18)21(19,20)14-6-11(16)15-7-1-2-7/h3-5,7,14H,1-2,6H2,(H,15,16)(H,17,18). The van der Waals surface area contributed by atoms with Crippen LogP contribution in [-0.4, -0.2) is 38.0 Å². The number of hydrogen-bond acceptors (Lipinski definition) is 4. The summed E-state index contributed by atoms with van der Waals surface area (Å²) in [5, 5.41) is 11.3. The smallest absolute Gasteiger partial charge is 0.337 e. The Hall–Kier alpha value is -1.64. The Morgan fingerprint density at radius 3 is 2.52 bits per heavy atom. The van der Waals surface area contributed by atoms with Crippen LogP contribution in [0.4, 0.5) is 0 Å². The molecule has 1 amide bonds. The Kier molecular flexibility index (Phi) is 4.50. The lowest BCUT2D eigenvalue weighted by Gasteiger charge is -2.08. The van der Waals surface area contributed by atoms with Gasteiger partial charge in [-0.05, 0) is 31.0 Å². The van der Waals surface area contributed by atoms with Crippen LogP contribution in [0.1, 0.15) is 23.2 Å². The zero-order valence-corrected chi connectivity index (χ0v) is 12.4. The maximum atomic E-state index is 12.0. The van der Waals surface area contributed by atoms with Gasteiger partial charge in [-0.1, -0.05) is 11.6 Å². The minimum Gasteiger partial charge on any atom is -0.478 e. The average molecular weight is 333 g/mol. The number of carbonyl (C=O) groups excluding carboxylic acids is 1. The SMILES string of the molecule is O=C(CNS(=O)(=O)c1ccc(C(=O)O)c(Cl)c1)NC1CC1. The Morgan fingerprint density at radius 1 is 1.33 bits per heavy atom. The molecule has 0 aromatic heterocycles. The molecule has 1 fully saturated rings. The molecule has 1 aliphatic carbocycles. The number of carbonyl (C=O) groups is 2. The van der Waals surface area contributed by atoms with Crippen LogP contribution in [0.5, 0.6) is 0 Å². The molecule has 0 atom stereocenters. The molecule has 0 saturated heterocycles. The first kappa shape index (κ1) is 15.7. The number of halogens is 1. The Balaban J connectivity index is 2.06. The summed E-state index contributed by atoms with van der Waals surface area (Å²) in [5.74, 6) is -1.66. The lowest BCUT2D eigenvalue weighted by Crippen LogP contribution is -2.37. The first-order valence-corrected chi connectivity index (χ1v) is 7.97. The number of carboxylic acids is 1. The zero-order chi connectivity index (χ0) is 15.6. The van der Waals surface area contributed by atoms with Gasteiger partial charge in [0.25, 0.3) is 0 Å². The molecular formula is C12H13ClN2O5S. The van der Waals surface area contributed by atoms with Crippen LogP contribution in [0.15, 0.2) is 23.1 Å². The van der Waals surface area contributed by atoms with Gasteiger partial charge in [-0.15, -0.1) is 0 Å². The number of benzene rings is 1. The summed E-state index contributed by atoms with van der Waals surface area (Å²) in [6.07, 6.45) is 1.81. The third-order valence-electron chi connectivity index (χ3n) is 2.85. The summed E-state index contributed by atoms with van der Waals surface area (Å²) in [4.78, 5) is 22.0. The molecule has 1 aromatic carbocycles. The molecule has 0 bridgehead atoms. The molecule has 7 nitrogen and oxygen atoms in total.